The highest BCUT2D eigenvalue weighted by molar-refractivity contribution is 5.90. The van der Waals surface area contributed by atoms with Crippen LogP contribution in [0.3, 0.4) is 0 Å². The van der Waals surface area contributed by atoms with Gasteiger partial charge in [-0.1, -0.05) is 48.5 Å². The number of piperidine rings is 1. The quantitative estimate of drug-likeness (QED) is 0.726. The summed E-state index contributed by atoms with van der Waals surface area (Å²) < 4.78 is 0. The number of amides is 1. The molecule has 1 aliphatic rings. The van der Waals surface area contributed by atoms with Crippen molar-refractivity contribution in [1.82, 2.24) is 15.2 Å². The molecular weight excluding hydrogens is 334 g/mol. The van der Waals surface area contributed by atoms with Crippen molar-refractivity contribution in [3.05, 3.63) is 71.4 Å². The Morgan fingerprint density at radius 1 is 1.07 bits per heavy atom. The topological polar surface area (TPSA) is 48.1 Å². The number of para-hydroxylation sites is 1. The molecule has 140 valence electrons. The fourth-order valence-corrected chi connectivity index (χ4v) is 4.08. The number of likely N-dealkylation sites (tertiary alicyclic amines) is 1. The van der Waals surface area contributed by atoms with E-state index in [1.807, 2.05) is 19.1 Å². The number of benzene rings is 2. The first kappa shape index (κ1) is 17.8. The Labute approximate surface area is 160 Å². The summed E-state index contributed by atoms with van der Waals surface area (Å²) in [5.74, 6) is 0.129. The number of nitrogens with one attached hydrogen (secondary N) is 2. The Morgan fingerprint density at radius 2 is 1.78 bits per heavy atom. The van der Waals surface area contributed by atoms with Crippen molar-refractivity contribution < 1.29 is 4.79 Å². The first-order valence-corrected chi connectivity index (χ1v) is 9.81. The van der Waals surface area contributed by atoms with Crippen LogP contribution in [-0.4, -0.2) is 34.9 Å². The van der Waals surface area contributed by atoms with Crippen LogP contribution in [0.15, 0.2) is 54.6 Å². The molecule has 1 aliphatic heterocycles. The summed E-state index contributed by atoms with van der Waals surface area (Å²) in [6, 6.07) is 19.1. The number of aromatic nitrogens is 1. The van der Waals surface area contributed by atoms with Crippen LogP contribution in [0.1, 0.15) is 29.7 Å². The van der Waals surface area contributed by atoms with Gasteiger partial charge < -0.3 is 10.3 Å². The summed E-state index contributed by atoms with van der Waals surface area (Å²) in [6.07, 6.45) is 2.48. The van der Waals surface area contributed by atoms with Gasteiger partial charge >= 0.3 is 0 Å². The number of fused-ring (bicyclic) bond motifs is 1. The highest BCUT2D eigenvalue weighted by atomic mass is 16.1. The maximum atomic E-state index is 12.6. The van der Waals surface area contributed by atoms with Gasteiger partial charge in [-0.25, -0.2) is 0 Å². The largest absolute Gasteiger partial charge is 0.358 e. The summed E-state index contributed by atoms with van der Waals surface area (Å²) in [4.78, 5) is 18.5. The number of aromatic amines is 1. The van der Waals surface area contributed by atoms with Crippen molar-refractivity contribution in [2.75, 3.05) is 13.1 Å². The van der Waals surface area contributed by atoms with Gasteiger partial charge in [0.1, 0.15) is 0 Å². The lowest BCUT2D eigenvalue weighted by atomic mass is 10.0. The summed E-state index contributed by atoms with van der Waals surface area (Å²) in [6.45, 7) is 5.11. The second-order valence-electron chi connectivity index (χ2n) is 7.55. The molecule has 2 N–H and O–H groups in total. The average molecular weight is 361 g/mol. The van der Waals surface area contributed by atoms with Crippen LogP contribution >= 0.6 is 0 Å². The molecule has 0 unspecified atom stereocenters. The standard InChI is InChI=1S/C23H27N3O/c1-17-21(20-9-5-6-10-22(20)24-17)15-23(27)25-19-11-13-26(14-12-19)16-18-7-3-2-4-8-18/h2-10,19,24H,11-16H2,1H3,(H,25,27). The lowest BCUT2D eigenvalue weighted by Crippen LogP contribution is -2.44. The van der Waals surface area contributed by atoms with Gasteiger partial charge in [0, 0.05) is 42.3 Å². The van der Waals surface area contributed by atoms with Gasteiger partial charge in [0.15, 0.2) is 0 Å². The van der Waals surface area contributed by atoms with E-state index in [4.69, 9.17) is 0 Å². The summed E-state index contributed by atoms with van der Waals surface area (Å²) in [5, 5.41) is 4.41. The Balaban J connectivity index is 1.30. The molecule has 1 fully saturated rings. The van der Waals surface area contributed by atoms with Crippen LogP contribution in [-0.2, 0) is 17.8 Å². The Kier molecular flexibility index (Phi) is 5.26. The first-order chi connectivity index (χ1) is 13.2. The highest BCUT2D eigenvalue weighted by Gasteiger charge is 2.21. The third kappa shape index (κ3) is 4.22. The first-order valence-electron chi connectivity index (χ1n) is 9.81. The molecule has 0 radical (unpaired) electrons. The zero-order chi connectivity index (χ0) is 18.6. The number of H-pyrrole nitrogens is 1. The van der Waals surface area contributed by atoms with Crippen molar-refractivity contribution in [3.8, 4) is 0 Å². The fraction of sp³-hybridized carbons (Fsp3) is 0.348. The summed E-state index contributed by atoms with van der Waals surface area (Å²) in [5.41, 5.74) is 4.66. The van der Waals surface area contributed by atoms with Crippen LogP contribution < -0.4 is 5.32 Å². The molecule has 27 heavy (non-hydrogen) atoms. The number of rotatable bonds is 5. The normalized spacial score (nSPS) is 15.9. The zero-order valence-corrected chi connectivity index (χ0v) is 15.9. The number of carbonyl (C=O) groups excluding carboxylic acids is 1. The number of hydrogen-bond acceptors (Lipinski definition) is 2. The molecule has 4 heteroatoms. The smallest absolute Gasteiger partial charge is 0.224 e. The number of aryl methyl sites for hydroxylation is 1. The van der Waals surface area contributed by atoms with Crippen LogP contribution in [0.2, 0.25) is 0 Å². The molecule has 3 aromatic rings. The predicted octanol–water partition coefficient (Wildman–Crippen LogP) is 3.80. The molecule has 4 nitrogen and oxygen atoms in total. The minimum Gasteiger partial charge on any atom is -0.358 e. The number of carbonyl (C=O) groups is 1. The molecule has 0 spiro atoms. The van der Waals surface area contributed by atoms with E-state index in [2.05, 4.69) is 57.7 Å². The van der Waals surface area contributed by atoms with E-state index in [1.165, 1.54) is 5.56 Å². The lowest BCUT2D eigenvalue weighted by Gasteiger charge is -2.32. The zero-order valence-electron chi connectivity index (χ0n) is 15.9. The number of nitrogens with zero attached hydrogens (tertiary/aromatic N) is 1. The molecule has 0 aliphatic carbocycles. The molecule has 2 heterocycles. The van der Waals surface area contributed by atoms with Gasteiger partial charge in [0.05, 0.1) is 6.42 Å². The van der Waals surface area contributed by atoms with Crippen molar-refractivity contribution in [3.63, 3.8) is 0 Å². The van der Waals surface area contributed by atoms with Gasteiger partial charge in [0.2, 0.25) is 5.91 Å². The Bertz CT molecular complexity index is 908. The Hall–Kier alpha value is -2.59. The van der Waals surface area contributed by atoms with Crippen LogP contribution in [0.5, 0.6) is 0 Å². The molecule has 1 aromatic heterocycles. The van der Waals surface area contributed by atoms with E-state index in [0.717, 1.165) is 54.6 Å². The van der Waals surface area contributed by atoms with E-state index in [1.54, 1.807) is 0 Å². The maximum Gasteiger partial charge on any atom is 0.224 e. The van der Waals surface area contributed by atoms with Gasteiger partial charge in [0.25, 0.3) is 0 Å². The lowest BCUT2D eigenvalue weighted by molar-refractivity contribution is -0.121. The molecular formula is C23H27N3O. The van der Waals surface area contributed by atoms with Crippen LogP contribution in [0.25, 0.3) is 10.9 Å². The van der Waals surface area contributed by atoms with E-state index in [0.29, 0.717) is 6.42 Å². The Morgan fingerprint density at radius 3 is 2.56 bits per heavy atom. The fourth-order valence-electron chi connectivity index (χ4n) is 4.08. The SMILES string of the molecule is Cc1[nH]c2ccccc2c1CC(=O)NC1CCN(Cc2ccccc2)CC1. The van der Waals surface area contributed by atoms with Crippen molar-refractivity contribution in [1.29, 1.82) is 0 Å². The molecule has 2 aromatic carbocycles. The molecule has 1 amide bonds. The molecule has 0 saturated carbocycles. The molecule has 4 rings (SSSR count). The summed E-state index contributed by atoms with van der Waals surface area (Å²) in [7, 11) is 0. The van der Waals surface area contributed by atoms with Crippen molar-refractivity contribution in [2.45, 2.75) is 38.8 Å². The molecule has 1 saturated heterocycles. The van der Waals surface area contributed by atoms with E-state index in [-0.39, 0.29) is 11.9 Å². The van der Waals surface area contributed by atoms with Crippen molar-refractivity contribution in [2.24, 2.45) is 0 Å². The van der Waals surface area contributed by atoms with Gasteiger partial charge in [-0.3, -0.25) is 9.69 Å². The van der Waals surface area contributed by atoms with Gasteiger partial charge in [-0.2, -0.15) is 0 Å². The second-order valence-corrected chi connectivity index (χ2v) is 7.55. The average Bonchev–Trinajstić information content (AvgIpc) is 2.99. The summed E-state index contributed by atoms with van der Waals surface area (Å²) >= 11 is 0. The van der Waals surface area contributed by atoms with Gasteiger partial charge in [-0.15, -0.1) is 0 Å². The van der Waals surface area contributed by atoms with E-state index in [9.17, 15) is 4.79 Å². The van der Waals surface area contributed by atoms with E-state index < -0.39 is 0 Å². The molecule has 0 bridgehead atoms. The minimum absolute atomic E-state index is 0.129. The third-order valence-corrected chi connectivity index (χ3v) is 5.57. The molecule has 0 atom stereocenters. The van der Waals surface area contributed by atoms with Crippen molar-refractivity contribution >= 4 is 16.8 Å². The highest BCUT2D eigenvalue weighted by Crippen LogP contribution is 2.22. The second kappa shape index (κ2) is 7.97. The minimum atomic E-state index is 0.129. The monoisotopic (exact) mass is 361 g/mol. The van der Waals surface area contributed by atoms with E-state index >= 15 is 0 Å². The van der Waals surface area contributed by atoms with Crippen LogP contribution in [0, 0.1) is 6.92 Å². The predicted molar refractivity (Wildman–Crippen MR) is 110 cm³/mol. The van der Waals surface area contributed by atoms with Crippen LogP contribution in [0.4, 0.5) is 0 Å². The third-order valence-electron chi connectivity index (χ3n) is 5.57. The maximum absolute atomic E-state index is 12.6. The number of hydrogen-bond donors (Lipinski definition) is 2. The van der Waals surface area contributed by atoms with Gasteiger partial charge in [-0.05, 0) is 37.0 Å².